The summed E-state index contributed by atoms with van der Waals surface area (Å²) in [6.45, 7) is 0. The molecule has 0 amide bonds. The minimum absolute atomic E-state index is 0.154. The molecule has 3 aromatic carbocycles. The number of imidazole rings is 1. The third-order valence-corrected chi connectivity index (χ3v) is 5.70. The molecule has 2 atom stereocenters. The SMILES string of the molecule is O[C@H]1C[C@H]1c1cn(C(c2ccccc2)(c2ccccc2)c2ccccc2)cn1. The molecule has 1 heterocycles. The van der Waals surface area contributed by atoms with E-state index in [1.54, 1.807) is 0 Å². The van der Waals surface area contributed by atoms with Crippen molar-refractivity contribution >= 4 is 0 Å². The van der Waals surface area contributed by atoms with Gasteiger partial charge in [-0.2, -0.15) is 0 Å². The van der Waals surface area contributed by atoms with E-state index in [0.29, 0.717) is 0 Å². The van der Waals surface area contributed by atoms with E-state index in [2.05, 4.69) is 88.5 Å². The summed E-state index contributed by atoms with van der Waals surface area (Å²) in [6.07, 6.45) is 4.55. The molecule has 1 aliphatic rings. The van der Waals surface area contributed by atoms with Crippen LogP contribution < -0.4 is 0 Å². The third-order valence-electron chi connectivity index (χ3n) is 5.70. The van der Waals surface area contributed by atoms with Gasteiger partial charge in [-0.05, 0) is 23.1 Å². The van der Waals surface area contributed by atoms with Gasteiger partial charge in [0.1, 0.15) is 5.54 Å². The quantitative estimate of drug-likeness (QED) is 0.525. The van der Waals surface area contributed by atoms with E-state index in [0.717, 1.165) is 12.1 Å². The second-order valence-electron chi connectivity index (χ2n) is 7.42. The minimum atomic E-state index is -0.533. The van der Waals surface area contributed by atoms with Gasteiger partial charge in [0.2, 0.25) is 0 Å². The molecular weight excluding hydrogens is 344 g/mol. The Morgan fingerprint density at radius 3 is 1.57 bits per heavy atom. The zero-order chi connectivity index (χ0) is 19.0. The summed E-state index contributed by atoms with van der Waals surface area (Å²) in [6, 6.07) is 31.7. The summed E-state index contributed by atoms with van der Waals surface area (Å²) in [5, 5.41) is 9.89. The Balaban J connectivity index is 1.81. The number of aliphatic hydroxyl groups excluding tert-OH is 1. The smallest absolute Gasteiger partial charge is 0.121 e. The van der Waals surface area contributed by atoms with E-state index in [4.69, 9.17) is 0 Å². The molecule has 0 bridgehead atoms. The highest BCUT2D eigenvalue weighted by molar-refractivity contribution is 5.50. The number of rotatable bonds is 5. The first kappa shape index (κ1) is 17.0. The van der Waals surface area contributed by atoms with Crippen molar-refractivity contribution in [2.75, 3.05) is 0 Å². The van der Waals surface area contributed by atoms with Crippen LogP contribution >= 0.6 is 0 Å². The Labute approximate surface area is 164 Å². The van der Waals surface area contributed by atoms with E-state index in [1.807, 2.05) is 24.5 Å². The third kappa shape index (κ3) is 2.67. The largest absolute Gasteiger partial charge is 0.392 e. The zero-order valence-electron chi connectivity index (χ0n) is 15.5. The van der Waals surface area contributed by atoms with Gasteiger partial charge < -0.3 is 9.67 Å². The van der Waals surface area contributed by atoms with Crippen molar-refractivity contribution in [3.8, 4) is 0 Å². The number of aromatic nitrogens is 2. The molecule has 0 radical (unpaired) electrons. The van der Waals surface area contributed by atoms with Crippen molar-refractivity contribution in [3.05, 3.63) is 126 Å². The summed E-state index contributed by atoms with van der Waals surface area (Å²) in [5.41, 5.74) is 3.95. The van der Waals surface area contributed by atoms with E-state index >= 15 is 0 Å². The molecule has 1 N–H and O–H groups in total. The standard InChI is InChI=1S/C25H22N2O/c28-24-16-22(24)23-17-27(18-26-23)25(19-10-4-1-5-11-19,20-12-6-2-7-13-20)21-14-8-3-9-15-21/h1-15,17-18,22,24,28H,16H2/t22-,24-/m0/s1. The summed E-state index contributed by atoms with van der Waals surface area (Å²) in [5.74, 6) is 0.154. The van der Waals surface area contributed by atoms with Crippen LogP contribution in [-0.2, 0) is 5.54 Å². The molecule has 3 heteroatoms. The molecule has 1 saturated carbocycles. The van der Waals surface area contributed by atoms with Gasteiger partial charge in [-0.25, -0.2) is 4.98 Å². The first-order valence-electron chi connectivity index (χ1n) is 9.69. The van der Waals surface area contributed by atoms with Gasteiger partial charge in [-0.3, -0.25) is 0 Å². The van der Waals surface area contributed by atoms with Crippen LogP contribution in [0.4, 0.5) is 0 Å². The monoisotopic (exact) mass is 366 g/mol. The van der Waals surface area contributed by atoms with Crippen LogP contribution in [0.2, 0.25) is 0 Å². The molecule has 0 aliphatic heterocycles. The molecule has 138 valence electrons. The Morgan fingerprint density at radius 2 is 1.18 bits per heavy atom. The van der Waals surface area contributed by atoms with Crippen molar-refractivity contribution < 1.29 is 5.11 Å². The first-order valence-corrected chi connectivity index (χ1v) is 9.69. The minimum Gasteiger partial charge on any atom is -0.392 e. The fourth-order valence-electron chi connectivity index (χ4n) is 4.20. The van der Waals surface area contributed by atoms with Gasteiger partial charge in [0.25, 0.3) is 0 Å². The van der Waals surface area contributed by atoms with Gasteiger partial charge in [-0.15, -0.1) is 0 Å². The molecule has 5 rings (SSSR count). The number of hydrogen-bond acceptors (Lipinski definition) is 2. The first-order chi connectivity index (χ1) is 13.8. The lowest BCUT2D eigenvalue weighted by molar-refractivity contribution is 0.271. The van der Waals surface area contributed by atoms with Crippen LogP contribution in [0.15, 0.2) is 104 Å². The van der Waals surface area contributed by atoms with Crippen molar-refractivity contribution in [1.29, 1.82) is 0 Å². The van der Waals surface area contributed by atoms with Crippen LogP contribution in [0.5, 0.6) is 0 Å². The fraction of sp³-hybridized carbons (Fsp3) is 0.160. The molecule has 4 aromatic rings. The highest BCUT2D eigenvalue weighted by Crippen LogP contribution is 2.44. The summed E-state index contributed by atoms with van der Waals surface area (Å²) in [7, 11) is 0. The van der Waals surface area contributed by atoms with Gasteiger partial charge in [0, 0.05) is 12.1 Å². The number of aliphatic hydroxyl groups is 1. The van der Waals surface area contributed by atoms with Crippen molar-refractivity contribution in [1.82, 2.24) is 9.55 Å². The maximum Gasteiger partial charge on any atom is 0.121 e. The Kier molecular flexibility index (Phi) is 4.10. The molecule has 1 aliphatic carbocycles. The topological polar surface area (TPSA) is 38.0 Å². The predicted octanol–water partition coefficient (Wildman–Crippen LogP) is 4.57. The highest BCUT2D eigenvalue weighted by Gasteiger charge is 2.42. The lowest BCUT2D eigenvalue weighted by Crippen LogP contribution is -2.36. The Morgan fingerprint density at radius 1 is 0.750 bits per heavy atom. The molecule has 0 spiro atoms. The van der Waals surface area contributed by atoms with E-state index in [1.165, 1.54) is 16.7 Å². The maximum atomic E-state index is 9.89. The summed E-state index contributed by atoms with van der Waals surface area (Å²) in [4.78, 5) is 4.67. The predicted molar refractivity (Wildman–Crippen MR) is 110 cm³/mol. The van der Waals surface area contributed by atoms with Gasteiger partial charge in [-0.1, -0.05) is 91.0 Å². The number of nitrogens with zero attached hydrogens (tertiary/aromatic N) is 2. The maximum absolute atomic E-state index is 9.89. The number of hydrogen-bond donors (Lipinski definition) is 1. The van der Waals surface area contributed by atoms with Crippen LogP contribution in [0.1, 0.15) is 34.7 Å². The van der Waals surface area contributed by atoms with Gasteiger partial charge in [0.15, 0.2) is 0 Å². The average Bonchev–Trinajstić information content (AvgIpc) is 3.29. The van der Waals surface area contributed by atoms with E-state index in [9.17, 15) is 5.11 Å². The lowest BCUT2D eigenvalue weighted by Gasteiger charge is -2.37. The molecule has 0 saturated heterocycles. The molecular formula is C25H22N2O. The van der Waals surface area contributed by atoms with Crippen molar-refractivity contribution in [3.63, 3.8) is 0 Å². The summed E-state index contributed by atoms with van der Waals surface area (Å²) >= 11 is 0. The van der Waals surface area contributed by atoms with Crippen LogP contribution in [-0.4, -0.2) is 20.8 Å². The van der Waals surface area contributed by atoms with Crippen molar-refractivity contribution in [2.45, 2.75) is 24.0 Å². The average molecular weight is 366 g/mol. The van der Waals surface area contributed by atoms with Crippen LogP contribution in [0, 0.1) is 0 Å². The van der Waals surface area contributed by atoms with Crippen molar-refractivity contribution in [2.24, 2.45) is 0 Å². The second kappa shape index (κ2) is 6.77. The molecule has 28 heavy (non-hydrogen) atoms. The van der Waals surface area contributed by atoms with Gasteiger partial charge in [0.05, 0.1) is 18.1 Å². The molecule has 3 nitrogen and oxygen atoms in total. The molecule has 1 aromatic heterocycles. The summed E-state index contributed by atoms with van der Waals surface area (Å²) < 4.78 is 2.20. The zero-order valence-corrected chi connectivity index (χ0v) is 15.5. The van der Waals surface area contributed by atoms with Crippen LogP contribution in [0.3, 0.4) is 0 Å². The van der Waals surface area contributed by atoms with Gasteiger partial charge >= 0.3 is 0 Å². The molecule has 1 fully saturated rings. The van der Waals surface area contributed by atoms with Crippen LogP contribution in [0.25, 0.3) is 0 Å². The second-order valence-corrected chi connectivity index (χ2v) is 7.42. The van der Waals surface area contributed by atoms with E-state index < -0.39 is 5.54 Å². The molecule has 0 unspecified atom stereocenters. The number of benzene rings is 3. The Bertz CT molecular complexity index is 961. The normalized spacial score (nSPS) is 18.8. The lowest BCUT2D eigenvalue weighted by atomic mass is 9.77. The highest BCUT2D eigenvalue weighted by atomic mass is 16.3. The Hall–Kier alpha value is -3.17. The van der Waals surface area contributed by atoms with E-state index in [-0.39, 0.29) is 12.0 Å². The fourth-order valence-corrected chi connectivity index (χ4v) is 4.20.